The quantitative estimate of drug-likeness (QED) is 0.719. The number of carbonyl (C=O) groups excluding carboxylic acids is 2. The lowest BCUT2D eigenvalue weighted by atomic mass is 9.71. The van der Waals surface area contributed by atoms with Gasteiger partial charge in [-0.25, -0.2) is 0 Å². The van der Waals surface area contributed by atoms with Gasteiger partial charge in [-0.15, -0.1) is 0 Å². The fraction of sp³-hybridized carbons (Fsp3) is 0.704. The Morgan fingerprint density at radius 3 is 2.47 bits per heavy atom. The Kier molecular flexibility index (Phi) is 5.00. The zero-order valence-corrected chi connectivity index (χ0v) is 19.2. The highest BCUT2D eigenvalue weighted by Gasteiger charge is 2.59. The van der Waals surface area contributed by atoms with E-state index < -0.39 is 0 Å². The standard InChI is InChI=1S/C27H36N2O3/c1-17(27-15-18-11-19(16-27)13-22(27)12-18)28-25(30)21-3-2-4-24(14-21)32-23-7-9-29(10-8-23)26(31)20-5-6-20/h2-4,14,17-20,22-23H,5-13,15-16H2,1H3,(H,28,30). The molecule has 4 bridgehead atoms. The van der Waals surface area contributed by atoms with Crippen molar-refractivity contribution < 1.29 is 14.3 Å². The van der Waals surface area contributed by atoms with Gasteiger partial charge in [-0.2, -0.15) is 0 Å². The topological polar surface area (TPSA) is 58.6 Å². The zero-order valence-electron chi connectivity index (χ0n) is 19.2. The van der Waals surface area contributed by atoms with E-state index in [0.29, 0.717) is 22.8 Å². The molecule has 5 heteroatoms. The second-order valence-electron chi connectivity index (χ2n) is 11.4. The van der Waals surface area contributed by atoms with Gasteiger partial charge in [0.1, 0.15) is 11.9 Å². The Balaban J connectivity index is 1.05. The first-order chi connectivity index (χ1) is 15.5. The number of carbonyl (C=O) groups is 2. The molecule has 3 atom stereocenters. The molecule has 1 aromatic carbocycles. The van der Waals surface area contributed by atoms with E-state index in [9.17, 15) is 9.59 Å². The molecule has 32 heavy (non-hydrogen) atoms. The molecule has 6 fully saturated rings. The summed E-state index contributed by atoms with van der Waals surface area (Å²) in [5.74, 6) is 4.02. The van der Waals surface area contributed by atoms with Gasteiger partial charge in [0.05, 0.1) is 0 Å². The van der Waals surface area contributed by atoms with E-state index in [1.54, 1.807) is 0 Å². The van der Waals surface area contributed by atoms with Crippen LogP contribution >= 0.6 is 0 Å². The van der Waals surface area contributed by atoms with Crippen molar-refractivity contribution in [2.45, 2.75) is 76.9 Å². The van der Waals surface area contributed by atoms with E-state index >= 15 is 0 Å². The number of rotatable bonds is 6. The van der Waals surface area contributed by atoms with Gasteiger partial charge in [0.2, 0.25) is 5.91 Å². The summed E-state index contributed by atoms with van der Waals surface area (Å²) in [5, 5.41) is 3.37. The highest BCUT2D eigenvalue weighted by atomic mass is 16.5. The molecule has 1 saturated heterocycles. The number of piperidine rings is 1. The summed E-state index contributed by atoms with van der Waals surface area (Å²) < 4.78 is 6.23. The maximum absolute atomic E-state index is 13.1. The van der Waals surface area contributed by atoms with Crippen molar-refractivity contribution in [3.8, 4) is 5.75 Å². The van der Waals surface area contributed by atoms with Crippen LogP contribution in [-0.2, 0) is 4.79 Å². The largest absolute Gasteiger partial charge is 0.490 e. The number of ether oxygens (including phenoxy) is 1. The summed E-state index contributed by atoms with van der Waals surface area (Å²) in [6.07, 6.45) is 10.7. The van der Waals surface area contributed by atoms with E-state index in [1.165, 1.54) is 32.1 Å². The average Bonchev–Trinajstić information content (AvgIpc) is 3.56. The smallest absolute Gasteiger partial charge is 0.251 e. The van der Waals surface area contributed by atoms with Crippen LogP contribution in [0, 0.1) is 29.1 Å². The SMILES string of the molecule is CC(NC(=O)c1cccc(OC2CCN(C(=O)C3CC3)CC2)c1)C12CC3CC(CC1C3)C2. The zero-order chi connectivity index (χ0) is 21.9. The summed E-state index contributed by atoms with van der Waals surface area (Å²) in [4.78, 5) is 27.4. The molecule has 0 radical (unpaired) electrons. The van der Waals surface area contributed by atoms with Crippen LogP contribution in [0.25, 0.3) is 0 Å². The molecule has 0 aromatic heterocycles. The van der Waals surface area contributed by atoms with E-state index in [0.717, 1.165) is 62.3 Å². The second-order valence-corrected chi connectivity index (χ2v) is 11.4. The second kappa shape index (κ2) is 7.78. The van der Waals surface area contributed by atoms with Crippen LogP contribution in [-0.4, -0.2) is 41.9 Å². The van der Waals surface area contributed by atoms with Crippen LogP contribution in [0.2, 0.25) is 0 Å². The predicted octanol–water partition coefficient (Wildman–Crippen LogP) is 4.41. The molecule has 3 unspecified atom stereocenters. The van der Waals surface area contributed by atoms with Gasteiger partial charge in [-0.1, -0.05) is 6.07 Å². The van der Waals surface area contributed by atoms with Crippen molar-refractivity contribution in [2.24, 2.45) is 29.1 Å². The van der Waals surface area contributed by atoms with Crippen molar-refractivity contribution in [3.05, 3.63) is 29.8 Å². The van der Waals surface area contributed by atoms with Crippen molar-refractivity contribution in [3.63, 3.8) is 0 Å². The number of amides is 2. The summed E-state index contributed by atoms with van der Waals surface area (Å²) in [5.41, 5.74) is 1.02. The van der Waals surface area contributed by atoms with Crippen LogP contribution in [0.15, 0.2) is 24.3 Å². The third-order valence-electron chi connectivity index (χ3n) is 9.34. The molecule has 7 rings (SSSR count). The minimum absolute atomic E-state index is 0.0217. The van der Waals surface area contributed by atoms with E-state index in [1.807, 2.05) is 29.2 Å². The molecule has 2 amide bonds. The van der Waals surface area contributed by atoms with E-state index in [-0.39, 0.29) is 18.1 Å². The van der Waals surface area contributed by atoms with Crippen molar-refractivity contribution in [1.82, 2.24) is 10.2 Å². The lowest BCUT2D eigenvalue weighted by Gasteiger charge is -2.39. The van der Waals surface area contributed by atoms with Gasteiger partial charge in [0.25, 0.3) is 5.91 Å². The Morgan fingerprint density at radius 2 is 1.78 bits per heavy atom. The average molecular weight is 437 g/mol. The molecule has 1 aromatic rings. The van der Waals surface area contributed by atoms with Crippen LogP contribution < -0.4 is 10.1 Å². The monoisotopic (exact) mass is 436 g/mol. The number of benzene rings is 1. The van der Waals surface area contributed by atoms with E-state index in [2.05, 4.69) is 12.2 Å². The number of hydrogen-bond donors (Lipinski definition) is 1. The number of nitrogens with zero attached hydrogens (tertiary/aromatic N) is 1. The fourth-order valence-electron chi connectivity index (χ4n) is 7.68. The Morgan fingerprint density at radius 1 is 1.06 bits per heavy atom. The Hall–Kier alpha value is -2.04. The van der Waals surface area contributed by atoms with Gasteiger partial charge in [-0.05, 0) is 93.2 Å². The highest BCUT2D eigenvalue weighted by molar-refractivity contribution is 5.94. The van der Waals surface area contributed by atoms with Crippen molar-refractivity contribution in [2.75, 3.05) is 13.1 Å². The lowest BCUT2D eigenvalue weighted by Crippen LogP contribution is -2.46. The Bertz CT molecular complexity index is 888. The minimum atomic E-state index is 0.0217. The molecule has 1 N–H and O–H groups in total. The number of likely N-dealkylation sites (tertiary alicyclic amines) is 1. The van der Waals surface area contributed by atoms with E-state index in [4.69, 9.17) is 4.74 Å². The van der Waals surface area contributed by atoms with Gasteiger partial charge < -0.3 is 15.0 Å². The molecule has 172 valence electrons. The first-order valence-electron chi connectivity index (χ1n) is 12.9. The maximum atomic E-state index is 13.1. The number of hydrogen-bond acceptors (Lipinski definition) is 3. The molecular weight excluding hydrogens is 400 g/mol. The molecule has 0 spiro atoms. The number of nitrogens with one attached hydrogen (secondary N) is 1. The van der Waals surface area contributed by atoms with Gasteiger partial charge >= 0.3 is 0 Å². The summed E-state index contributed by atoms with van der Waals surface area (Å²) in [7, 11) is 0. The third-order valence-corrected chi connectivity index (χ3v) is 9.34. The maximum Gasteiger partial charge on any atom is 0.251 e. The van der Waals surface area contributed by atoms with Gasteiger partial charge in [-0.3, -0.25) is 9.59 Å². The normalized spacial score (nSPS) is 34.5. The molecule has 1 aliphatic heterocycles. The fourth-order valence-corrected chi connectivity index (χ4v) is 7.68. The van der Waals surface area contributed by atoms with Crippen LogP contribution in [0.5, 0.6) is 5.75 Å². The third kappa shape index (κ3) is 3.62. The van der Waals surface area contributed by atoms with Crippen molar-refractivity contribution in [1.29, 1.82) is 0 Å². The molecule has 1 heterocycles. The van der Waals surface area contributed by atoms with Gasteiger partial charge in [0, 0.05) is 43.5 Å². The molecule has 6 aliphatic rings. The predicted molar refractivity (Wildman–Crippen MR) is 122 cm³/mol. The summed E-state index contributed by atoms with van der Waals surface area (Å²) in [6.45, 7) is 3.80. The first kappa shape index (κ1) is 20.6. The lowest BCUT2D eigenvalue weighted by molar-refractivity contribution is -0.134. The Labute approximate surface area is 191 Å². The molecule has 5 aliphatic carbocycles. The van der Waals surface area contributed by atoms with Crippen LogP contribution in [0.4, 0.5) is 0 Å². The van der Waals surface area contributed by atoms with Crippen LogP contribution in [0.1, 0.15) is 75.1 Å². The summed E-state index contributed by atoms with van der Waals surface area (Å²) in [6, 6.07) is 7.87. The molecule has 5 nitrogen and oxygen atoms in total. The molecular formula is C27H36N2O3. The summed E-state index contributed by atoms with van der Waals surface area (Å²) >= 11 is 0. The van der Waals surface area contributed by atoms with Crippen molar-refractivity contribution >= 4 is 11.8 Å². The first-order valence-corrected chi connectivity index (χ1v) is 12.9. The highest BCUT2D eigenvalue weighted by Crippen LogP contribution is 2.66. The van der Waals surface area contributed by atoms with Crippen LogP contribution in [0.3, 0.4) is 0 Å². The minimum Gasteiger partial charge on any atom is -0.490 e. The molecule has 5 saturated carbocycles. The van der Waals surface area contributed by atoms with Gasteiger partial charge in [0.15, 0.2) is 0 Å².